The summed E-state index contributed by atoms with van der Waals surface area (Å²) in [5.41, 5.74) is 2.04. The standard InChI is InChI=1S/C12H21ClN2OS/c1-5-10-12(13)11(15(6-2)14-10)7-17-9(4)8(3)16/h8-9,16H,5-7H2,1-4H3. The van der Waals surface area contributed by atoms with Gasteiger partial charge in [-0.25, -0.2) is 0 Å². The molecule has 0 radical (unpaired) electrons. The number of halogens is 1. The lowest BCUT2D eigenvalue weighted by atomic mass is 10.3. The van der Waals surface area contributed by atoms with Crippen LogP contribution < -0.4 is 0 Å². The second-order valence-corrected chi connectivity index (χ2v) is 5.88. The van der Waals surface area contributed by atoms with E-state index in [1.165, 1.54) is 0 Å². The largest absolute Gasteiger partial charge is 0.392 e. The van der Waals surface area contributed by atoms with E-state index in [2.05, 4.69) is 18.9 Å². The Morgan fingerprint density at radius 2 is 2.06 bits per heavy atom. The molecule has 0 aromatic carbocycles. The van der Waals surface area contributed by atoms with Crippen LogP contribution in [0.3, 0.4) is 0 Å². The predicted molar refractivity (Wildman–Crippen MR) is 74.7 cm³/mol. The highest BCUT2D eigenvalue weighted by atomic mass is 35.5. The van der Waals surface area contributed by atoms with Crippen molar-refractivity contribution in [2.24, 2.45) is 0 Å². The Hall–Kier alpha value is -0.190. The highest BCUT2D eigenvalue weighted by Crippen LogP contribution is 2.28. The Bertz CT molecular complexity index is 366. The molecule has 98 valence electrons. The number of aliphatic hydroxyl groups is 1. The van der Waals surface area contributed by atoms with Crippen LogP contribution in [-0.4, -0.2) is 26.2 Å². The molecule has 1 N–H and O–H groups in total. The lowest BCUT2D eigenvalue weighted by Crippen LogP contribution is -2.15. The Kier molecular flexibility index (Phi) is 5.83. The first-order valence-electron chi connectivity index (χ1n) is 6.04. The minimum Gasteiger partial charge on any atom is -0.392 e. The summed E-state index contributed by atoms with van der Waals surface area (Å²) in [6, 6.07) is 0. The zero-order chi connectivity index (χ0) is 13.0. The molecule has 0 fully saturated rings. The van der Waals surface area contributed by atoms with E-state index in [1.54, 1.807) is 11.8 Å². The van der Waals surface area contributed by atoms with Crippen molar-refractivity contribution in [2.45, 2.75) is 57.8 Å². The number of nitrogens with zero attached hydrogens (tertiary/aromatic N) is 2. The van der Waals surface area contributed by atoms with Gasteiger partial charge in [0.1, 0.15) is 0 Å². The average molecular weight is 277 g/mol. The van der Waals surface area contributed by atoms with E-state index < -0.39 is 0 Å². The van der Waals surface area contributed by atoms with Crippen LogP contribution in [0.4, 0.5) is 0 Å². The summed E-state index contributed by atoms with van der Waals surface area (Å²) in [6.45, 7) is 8.79. The Labute approximate surface area is 113 Å². The summed E-state index contributed by atoms with van der Waals surface area (Å²) >= 11 is 8.02. The van der Waals surface area contributed by atoms with Crippen molar-refractivity contribution in [1.29, 1.82) is 0 Å². The van der Waals surface area contributed by atoms with E-state index in [1.807, 2.05) is 18.5 Å². The molecule has 0 bridgehead atoms. The molecular weight excluding hydrogens is 256 g/mol. The van der Waals surface area contributed by atoms with Crippen molar-refractivity contribution < 1.29 is 5.11 Å². The van der Waals surface area contributed by atoms with Gasteiger partial charge in [0.25, 0.3) is 0 Å². The van der Waals surface area contributed by atoms with Crippen LogP contribution in [0.1, 0.15) is 39.1 Å². The van der Waals surface area contributed by atoms with Crippen LogP contribution in [0, 0.1) is 0 Å². The fourth-order valence-electron chi connectivity index (χ4n) is 1.50. The van der Waals surface area contributed by atoms with Gasteiger partial charge in [-0.2, -0.15) is 5.10 Å². The first-order chi connectivity index (χ1) is 8.01. The van der Waals surface area contributed by atoms with Crippen molar-refractivity contribution in [1.82, 2.24) is 9.78 Å². The SMILES string of the molecule is CCc1nn(CC)c(CSC(C)C(C)O)c1Cl. The molecule has 1 heterocycles. The van der Waals surface area contributed by atoms with Crippen molar-refractivity contribution in [2.75, 3.05) is 0 Å². The molecule has 5 heteroatoms. The molecule has 0 aliphatic carbocycles. The maximum atomic E-state index is 9.47. The Balaban J connectivity index is 2.79. The maximum absolute atomic E-state index is 9.47. The fraction of sp³-hybridized carbons (Fsp3) is 0.750. The molecular formula is C12H21ClN2OS. The first kappa shape index (κ1) is 14.9. The van der Waals surface area contributed by atoms with Crippen LogP contribution >= 0.6 is 23.4 Å². The third-order valence-electron chi connectivity index (χ3n) is 2.86. The molecule has 2 atom stereocenters. The number of rotatable bonds is 6. The summed E-state index contributed by atoms with van der Waals surface area (Å²) in [6.07, 6.45) is 0.553. The number of hydrogen-bond acceptors (Lipinski definition) is 3. The van der Waals surface area contributed by atoms with E-state index in [-0.39, 0.29) is 11.4 Å². The summed E-state index contributed by atoms with van der Waals surface area (Å²) in [5, 5.41) is 14.9. The molecule has 0 aliphatic rings. The third-order valence-corrected chi connectivity index (χ3v) is 4.65. The number of thioether (sulfide) groups is 1. The van der Waals surface area contributed by atoms with Gasteiger partial charge >= 0.3 is 0 Å². The molecule has 1 rings (SSSR count). The summed E-state index contributed by atoms with van der Waals surface area (Å²) < 4.78 is 1.96. The van der Waals surface area contributed by atoms with Gasteiger partial charge < -0.3 is 5.11 Å². The second kappa shape index (κ2) is 6.66. The average Bonchev–Trinajstić information content (AvgIpc) is 2.62. The molecule has 0 saturated heterocycles. The number of aromatic nitrogens is 2. The van der Waals surface area contributed by atoms with Gasteiger partial charge in [0.15, 0.2) is 0 Å². The quantitative estimate of drug-likeness (QED) is 0.868. The molecule has 2 unspecified atom stereocenters. The van der Waals surface area contributed by atoms with E-state index in [0.29, 0.717) is 0 Å². The molecule has 0 saturated carbocycles. The maximum Gasteiger partial charge on any atom is 0.0858 e. The number of aryl methyl sites for hydroxylation is 2. The molecule has 3 nitrogen and oxygen atoms in total. The van der Waals surface area contributed by atoms with Crippen molar-refractivity contribution in [3.63, 3.8) is 0 Å². The van der Waals surface area contributed by atoms with Crippen LogP contribution in [0.25, 0.3) is 0 Å². The molecule has 0 spiro atoms. The van der Waals surface area contributed by atoms with E-state index >= 15 is 0 Å². The Morgan fingerprint density at radius 1 is 1.41 bits per heavy atom. The predicted octanol–water partition coefficient (Wildman–Crippen LogP) is 3.12. The molecule has 1 aromatic heterocycles. The first-order valence-corrected chi connectivity index (χ1v) is 7.47. The third kappa shape index (κ3) is 3.63. The minimum atomic E-state index is -0.303. The second-order valence-electron chi connectivity index (χ2n) is 4.13. The van der Waals surface area contributed by atoms with Gasteiger partial charge in [-0.15, -0.1) is 11.8 Å². The lowest BCUT2D eigenvalue weighted by Gasteiger charge is -2.14. The molecule has 0 aliphatic heterocycles. The molecule has 0 amide bonds. The zero-order valence-electron chi connectivity index (χ0n) is 10.9. The highest BCUT2D eigenvalue weighted by Gasteiger charge is 2.16. The Morgan fingerprint density at radius 3 is 2.53 bits per heavy atom. The van der Waals surface area contributed by atoms with Crippen molar-refractivity contribution >= 4 is 23.4 Å². The van der Waals surface area contributed by atoms with Crippen molar-refractivity contribution in [3.8, 4) is 0 Å². The van der Waals surface area contributed by atoms with Gasteiger partial charge in [0, 0.05) is 17.5 Å². The van der Waals surface area contributed by atoms with E-state index in [9.17, 15) is 5.11 Å². The topological polar surface area (TPSA) is 38.0 Å². The number of hydrogen-bond donors (Lipinski definition) is 1. The lowest BCUT2D eigenvalue weighted by molar-refractivity contribution is 0.196. The van der Waals surface area contributed by atoms with Gasteiger partial charge in [0.05, 0.1) is 22.5 Å². The fourth-order valence-corrected chi connectivity index (χ4v) is 2.91. The summed E-state index contributed by atoms with van der Waals surface area (Å²) in [4.78, 5) is 0. The summed E-state index contributed by atoms with van der Waals surface area (Å²) in [5.74, 6) is 0.797. The highest BCUT2D eigenvalue weighted by molar-refractivity contribution is 7.99. The smallest absolute Gasteiger partial charge is 0.0858 e. The van der Waals surface area contributed by atoms with Gasteiger partial charge in [-0.1, -0.05) is 25.4 Å². The molecule has 17 heavy (non-hydrogen) atoms. The summed E-state index contributed by atoms with van der Waals surface area (Å²) in [7, 11) is 0. The van der Waals surface area contributed by atoms with Crippen LogP contribution in [0.2, 0.25) is 5.02 Å². The van der Waals surface area contributed by atoms with Crippen LogP contribution in [-0.2, 0) is 18.7 Å². The van der Waals surface area contributed by atoms with Crippen molar-refractivity contribution in [3.05, 3.63) is 16.4 Å². The zero-order valence-corrected chi connectivity index (χ0v) is 12.5. The normalized spacial score (nSPS) is 14.9. The van der Waals surface area contributed by atoms with E-state index in [0.717, 1.165) is 35.1 Å². The van der Waals surface area contributed by atoms with Crippen LogP contribution in [0.15, 0.2) is 0 Å². The van der Waals surface area contributed by atoms with Gasteiger partial charge in [-0.3, -0.25) is 4.68 Å². The van der Waals surface area contributed by atoms with Gasteiger partial charge in [-0.05, 0) is 20.3 Å². The molecule has 1 aromatic rings. The van der Waals surface area contributed by atoms with Crippen LogP contribution in [0.5, 0.6) is 0 Å². The number of aliphatic hydroxyl groups excluding tert-OH is 1. The monoisotopic (exact) mass is 276 g/mol. The van der Waals surface area contributed by atoms with Gasteiger partial charge in [0.2, 0.25) is 0 Å². The minimum absolute atomic E-state index is 0.205. The van der Waals surface area contributed by atoms with E-state index in [4.69, 9.17) is 11.6 Å².